The van der Waals surface area contributed by atoms with Gasteiger partial charge in [0.05, 0.1) is 29.9 Å². The molecule has 1 heterocycles. The highest BCUT2D eigenvalue weighted by atomic mass is 127. The van der Waals surface area contributed by atoms with E-state index in [1.54, 1.807) is 12.1 Å². The zero-order chi connectivity index (χ0) is 14.2. The number of rotatable bonds is 2. The molecule has 0 spiro atoms. The second kappa shape index (κ2) is 5.82. The molecule has 7 heteroatoms. The molecule has 19 heavy (non-hydrogen) atoms. The van der Waals surface area contributed by atoms with Crippen molar-refractivity contribution in [1.29, 1.82) is 0 Å². The van der Waals surface area contributed by atoms with Gasteiger partial charge in [-0.25, -0.2) is 0 Å². The van der Waals surface area contributed by atoms with Crippen LogP contribution in [-0.2, 0) is 0 Å². The Bertz CT molecular complexity index is 501. The van der Waals surface area contributed by atoms with E-state index in [2.05, 4.69) is 22.6 Å². The second-order valence-electron chi connectivity index (χ2n) is 4.31. The number of nitrogens with zero attached hydrogens (tertiary/aromatic N) is 1. The molecule has 1 saturated heterocycles. The lowest BCUT2D eigenvalue weighted by Crippen LogP contribution is -2.30. The summed E-state index contributed by atoms with van der Waals surface area (Å²) in [6.45, 7) is 0.208. The van der Waals surface area contributed by atoms with Gasteiger partial charge in [0.15, 0.2) is 0 Å². The third-order valence-corrected chi connectivity index (χ3v) is 4.54. The maximum atomic E-state index is 12.3. The summed E-state index contributed by atoms with van der Waals surface area (Å²) < 4.78 is 5.97. The van der Waals surface area contributed by atoms with Crippen molar-refractivity contribution in [1.82, 2.24) is 4.90 Å². The number of halogens is 2. The van der Waals surface area contributed by atoms with Crippen LogP contribution < -0.4 is 4.74 Å². The Kier molecular flexibility index (Phi) is 4.54. The first-order chi connectivity index (χ1) is 8.93. The number of benzene rings is 1. The molecule has 0 bridgehead atoms. The lowest BCUT2D eigenvalue weighted by atomic mass is 10.1. The Morgan fingerprint density at radius 3 is 2.53 bits per heavy atom. The van der Waals surface area contributed by atoms with E-state index >= 15 is 0 Å². The Morgan fingerprint density at radius 1 is 1.42 bits per heavy atom. The summed E-state index contributed by atoms with van der Waals surface area (Å²) in [6.07, 6.45) is -1.82. The van der Waals surface area contributed by atoms with Crippen LogP contribution in [0.5, 0.6) is 5.75 Å². The van der Waals surface area contributed by atoms with Crippen molar-refractivity contribution in [3.8, 4) is 5.75 Å². The summed E-state index contributed by atoms with van der Waals surface area (Å²) in [5, 5.41) is 19.4. The fraction of sp³-hybridized carbons (Fsp3) is 0.417. The van der Waals surface area contributed by atoms with Crippen LogP contribution in [0.2, 0.25) is 5.02 Å². The smallest absolute Gasteiger partial charge is 0.257 e. The van der Waals surface area contributed by atoms with Crippen molar-refractivity contribution in [2.24, 2.45) is 0 Å². The van der Waals surface area contributed by atoms with E-state index in [-0.39, 0.29) is 19.0 Å². The quantitative estimate of drug-likeness (QED) is 0.734. The maximum absolute atomic E-state index is 12.3. The first-order valence-corrected chi connectivity index (χ1v) is 7.08. The number of aliphatic hydroxyl groups excluding tert-OH is 2. The van der Waals surface area contributed by atoms with Gasteiger partial charge < -0.3 is 19.8 Å². The predicted molar refractivity (Wildman–Crippen MR) is 78.6 cm³/mol. The molecule has 0 aromatic heterocycles. The first-order valence-electron chi connectivity index (χ1n) is 5.62. The number of aliphatic hydroxyl groups is 2. The highest BCUT2D eigenvalue weighted by molar-refractivity contribution is 14.1. The van der Waals surface area contributed by atoms with Crippen molar-refractivity contribution in [2.75, 3.05) is 20.2 Å². The number of hydrogen-bond acceptors (Lipinski definition) is 4. The second-order valence-corrected chi connectivity index (χ2v) is 5.88. The highest BCUT2D eigenvalue weighted by Gasteiger charge is 2.34. The molecule has 1 aromatic rings. The van der Waals surface area contributed by atoms with Gasteiger partial charge in [-0.3, -0.25) is 4.79 Å². The van der Waals surface area contributed by atoms with E-state index in [0.717, 1.165) is 3.57 Å². The fourth-order valence-electron chi connectivity index (χ4n) is 1.97. The Balaban J connectivity index is 2.31. The van der Waals surface area contributed by atoms with E-state index in [1.807, 2.05) is 0 Å². The number of likely N-dealkylation sites (tertiary alicyclic amines) is 1. The number of β-amino-alcohol motifs (C(OH)–C–C–N with tert-alkyl or cyclic N) is 2. The molecule has 2 N–H and O–H groups in total. The molecular formula is C12H13ClINO4. The Hall–Kier alpha value is -0.570. The van der Waals surface area contributed by atoms with E-state index in [4.69, 9.17) is 16.3 Å². The third kappa shape index (κ3) is 2.96. The van der Waals surface area contributed by atoms with Gasteiger partial charge in [0.25, 0.3) is 5.91 Å². The summed E-state index contributed by atoms with van der Waals surface area (Å²) in [5.41, 5.74) is 0.328. The molecule has 5 nitrogen and oxygen atoms in total. The van der Waals surface area contributed by atoms with E-state index in [1.165, 1.54) is 12.0 Å². The molecule has 2 rings (SSSR count). The Labute approximate surface area is 129 Å². The third-order valence-electron chi connectivity index (χ3n) is 3.02. The van der Waals surface area contributed by atoms with Gasteiger partial charge in [-0.15, -0.1) is 0 Å². The molecule has 104 valence electrons. The molecule has 1 amide bonds. The number of carbonyl (C=O) groups excluding carboxylic acids is 1. The fourth-order valence-corrected chi connectivity index (χ4v) is 2.57. The van der Waals surface area contributed by atoms with Crippen LogP contribution in [0.3, 0.4) is 0 Å². The maximum Gasteiger partial charge on any atom is 0.257 e. The largest absolute Gasteiger partial charge is 0.496 e. The molecule has 0 radical (unpaired) electrons. The lowest BCUT2D eigenvalue weighted by molar-refractivity contribution is 0.0572. The summed E-state index contributed by atoms with van der Waals surface area (Å²) >= 11 is 8.07. The highest BCUT2D eigenvalue weighted by Crippen LogP contribution is 2.29. The topological polar surface area (TPSA) is 70.0 Å². The van der Waals surface area contributed by atoms with Gasteiger partial charge in [-0.05, 0) is 34.7 Å². The molecule has 1 fully saturated rings. The van der Waals surface area contributed by atoms with Gasteiger partial charge in [-0.2, -0.15) is 0 Å². The number of hydrogen-bond donors (Lipinski definition) is 2. The number of carbonyl (C=O) groups is 1. The molecule has 1 aliphatic rings. The Morgan fingerprint density at radius 2 is 2.00 bits per heavy atom. The van der Waals surface area contributed by atoms with Gasteiger partial charge >= 0.3 is 0 Å². The van der Waals surface area contributed by atoms with E-state index in [9.17, 15) is 15.0 Å². The van der Waals surface area contributed by atoms with Crippen molar-refractivity contribution in [3.05, 3.63) is 26.3 Å². The molecule has 2 atom stereocenters. The predicted octanol–water partition coefficient (Wildman–Crippen LogP) is 1.13. The van der Waals surface area contributed by atoms with Gasteiger partial charge in [-0.1, -0.05) is 11.6 Å². The van der Waals surface area contributed by atoms with Crippen molar-refractivity contribution in [3.63, 3.8) is 0 Å². The average molecular weight is 398 g/mol. The van der Waals surface area contributed by atoms with Gasteiger partial charge in [0.1, 0.15) is 5.75 Å². The number of amides is 1. The number of ether oxygens (including phenoxy) is 1. The van der Waals surface area contributed by atoms with Crippen LogP contribution in [0.15, 0.2) is 12.1 Å². The van der Waals surface area contributed by atoms with Crippen LogP contribution in [0.4, 0.5) is 0 Å². The van der Waals surface area contributed by atoms with Crippen LogP contribution in [0, 0.1) is 3.57 Å². The molecule has 0 unspecified atom stereocenters. The van der Waals surface area contributed by atoms with Crippen molar-refractivity contribution in [2.45, 2.75) is 12.2 Å². The van der Waals surface area contributed by atoms with E-state index in [0.29, 0.717) is 16.3 Å². The van der Waals surface area contributed by atoms with Crippen molar-refractivity contribution < 1.29 is 19.7 Å². The van der Waals surface area contributed by atoms with Gasteiger partial charge in [0.2, 0.25) is 0 Å². The van der Waals surface area contributed by atoms with Crippen LogP contribution >= 0.6 is 34.2 Å². The normalized spacial score (nSPS) is 22.7. The van der Waals surface area contributed by atoms with E-state index < -0.39 is 12.2 Å². The lowest BCUT2D eigenvalue weighted by Gasteiger charge is -2.17. The molecule has 1 aromatic carbocycles. The number of methoxy groups -OCH3 is 1. The molecule has 0 aliphatic carbocycles. The zero-order valence-electron chi connectivity index (χ0n) is 10.1. The molecule has 0 saturated carbocycles. The zero-order valence-corrected chi connectivity index (χ0v) is 13.1. The summed E-state index contributed by atoms with van der Waals surface area (Å²) in [6, 6.07) is 3.22. The van der Waals surface area contributed by atoms with Gasteiger partial charge in [0, 0.05) is 16.7 Å². The summed E-state index contributed by atoms with van der Waals surface area (Å²) in [7, 11) is 1.48. The molecular weight excluding hydrogens is 384 g/mol. The standard InChI is InChI=1S/C12H13ClINO4/c1-19-11-3-8(14)7(13)2-6(11)12(18)15-4-9(16)10(17)5-15/h2-3,9-10,16-17H,4-5H2,1H3/t9-,10+. The monoisotopic (exact) mass is 397 g/mol. The minimum Gasteiger partial charge on any atom is -0.496 e. The average Bonchev–Trinajstić information content (AvgIpc) is 2.71. The first kappa shape index (κ1) is 14.8. The summed E-state index contributed by atoms with van der Waals surface area (Å²) in [4.78, 5) is 13.7. The van der Waals surface area contributed by atoms with Crippen LogP contribution in [-0.4, -0.2) is 53.4 Å². The molecule has 1 aliphatic heterocycles. The summed E-state index contributed by atoms with van der Waals surface area (Å²) in [5.74, 6) is 0.112. The van der Waals surface area contributed by atoms with Crippen LogP contribution in [0.1, 0.15) is 10.4 Å². The minimum absolute atomic E-state index is 0.104. The SMILES string of the molecule is COc1cc(I)c(Cl)cc1C(=O)N1C[C@@H](O)[C@@H](O)C1. The van der Waals surface area contributed by atoms with Crippen LogP contribution in [0.25, 0.3) is 0 Å². The van der Waals surface area contributed by atoms with Crippen molar-refractivity contribution >= 4 is 40.1 Å². The minimum atomic E-state index is -0.908.